The van der Waals surface area contributed by atoms with Crippen LogP contribution in [0.25, 0.3) is 22.0 Å². The third-order valence-corrected chi connectivity index (χ3v) is 9.58. The quantitative estimate of drug-likeness (QED) is 0.163. The van der Waals surface area contributed by atoms with Crippen LogP contribution < -0.4 is 15.6 Å². The second kappa shape index (κ2) is 11.8. The van der Waals surface area contributed by atoms with Crippen molar-refractivity contribution >= 4 is 33.8 Å². The monoisotopic (exact) mass is 632 g/mol. The fraction of sp³-hybridized carbons (Fsp3) is 0.167. The molecule has 0 saturated heterocycles. The molecule has 1 heterocycles. The zero-order valence-corrected chi connectivity index (χ0v) is 27.7. The van der Waals surface area contributed by atoms with Gasteiger partial charge in [-0.25, -0.2) is 0 Å². The fourth-order valence-corrected chi connectivity index (χ4v) is 6.42. The number of ether oxygens (including phenoxy) is 1. The number of ketones is 2. The minimum atomic E-state index is -0.553. The van der Waals surface area contributed by atoms with Gasteiger partial charge in [0.2, 0.25) is 0 Å². The van der Waals surface area contributed by atoms with E-state index in [9.17, 15) is 14.4 Å². The van der Waals surface area contributed by atoms with Crippen LogP contribution in [0.15, 0.2) is 108 Å². The average Bonchev–Trinajstić information content (AvgIpc) is 3.09. The molecule has 0 saturated carbocycles. The van der Waals surface area contributed by atoms with Crippen molar-refractivity contribution in [2.75, 3.05) is 5.32 Å². The highest BCUT2D eigenvalue weighted by Crippen LogP contribution is 2.47. The van der Waals surface area contributed by atoms with Crippen LogP contribution in [-0.4, -0.2) is 16.6 Å². The van der Waals surface area contributed by atoms with Gasteiger partial charge in [0.15, 0.2) is 17.3 Å². The van der Waals surface area contributed by atoms with E-state index >= 15 is 0 Å². The maximum atomic E-state index is 14.4. The highest BCUT2D eigenvalue weighted by molar-refractivity contribution is 6.31. The zero-order valence-electron chi connectivity index (χ0n) is 27.7. The molecule has 0 amide bonds. The van der Waals surface area contributed by atoms with Crippen LogP contribution in [0, 0.1) is 13.8 Å². The number of rotatable bonds is 8. The second-order valence-electron chi connectivity index (χ2n) is 13.1. The lowest BCUT2D eigenvalue weighted by atomic mass is 9.80. The van der Waals surface area contributed by atoms with E-state index in [0.29, 0.717) is 55.9 Å². The van der Waals surface area contributed by atoms with Crippen LogP contribution in [-0.2, 0) is 5.41 Å². The number of fused-ring (bicyclic) bond motifs is 2. The molecule has 6 aromatic rings. The Morgan fingerprint density at radius 1 is 0.792 bits per heavy atom. The smallest absolute Gasteiger partial charge is 0.260 e. The van der Waals surface area contributed by atoms with Gasteiger partial charge in [-0.3, -0.25) is 14.4 Å². The molecule has 2 N–H and O–H groups in total. The van der Waals surface area contributed by atoms with E-state index in [1.165, 1.54) is 5.56 Å². The van der Waals surface area contributed by atoms with E-state index in [1.807, 2.05) is 56.3 Å². The number of aryl methyl sites for hydroxylation is 2. The molecule has 0 aliphatic heterocycles. The third-order valence-electron chi connectivity index (χ3n) is 9.58. The summed E-state index contributed by atoms with van der Waals surface area (Å²) in [5.74, 6) is 0.347. The maximum absolute atomic E-state index is 14.4. The van der Waals surface area contributed by atoms with Crippen molar-refractivity contribution in [1.82, 2.24) is 4.98 Å². The van der Waals surface area contributed by atoms with Crippen LogP contribution >= 0.6 is 0 Å². The summed E-state index contributed by atoms with van der Waals surface area (Å²) in [6.07, 6.45) is 0.982. The Labute approximate surface area is 279 Å². The molecule has 6 heteroatoms. The topological polar surface area (TPSA) is 88.3 Å². The van der Waals surface area contributed by atoms with Crippen molar-refractivity contribution in [3.05, 3.63) is 152 Å². The number of hydrogen-bond donors (Lipinski definition) is 2. The molecule has 1 aliphatic carbocycles. The van der Waals surface area contributed by atoms with E-state index in [0.717, 1.165) is 23.2 Å². The van der Waals surface area contributed by atoms with Crippen molar-refractivity contribution in [2.45, 2.75) is 46.5 Å². The number of carbonyl (C=O) groups excluding carboxylic acids is 2. The Bertz CT molecular complexity index is 2320. The van der Waals surface area contributed by atoms with Gasteiger partial charge in [-0.05, 0) is 60.6 Å². The summed E-state index contributed by atoms with van der Waals surface area (Å²) >= 11 is 0. The molecule has 6 nitrogen and oxygen atoms in total. The van der Waals surface area contributed by atoms with Crippen LogP contribution in [0.4, 0.5) is 11.4 Å². The standard InChI is InChI=1S/C42H36N2O4/c1-6-42(4,5)27-18-21-32(25(3)22-27)48-33-23-31(43-28-19-16-24(2)17-20-28)35-36-34(29-14-10-11-15-30(29)40(35)46)37(41(47)44-38(33)36)39(45)26-12-8-7-9-13-26/h7-23,43H,6H2,1-5H3,(H,44,47). The van der Waals surface area contributed by atoms with E-state index in [2.05, 4.69) is 43.2 Å². The molecule has 1 aromatic heterocycles. The summed E-state index contributed by atoms with van der Waals surface area (Å²) in [6, 6.07) is 31.7. The number of aromatic nitrogens is 1. The zero-order chi connectivity index (χ0) is 33.7. The highest BCUT2D eigenvalue weighted by atomic mass is 16.5. The molecule has 0 bridgehead atoms. The Morgan fingerprint density at radius 2 is 1.48 bits per heavy atom. The molecule has 0 fully saturated rings. The number of pyridine rings is 1. The van der Waals surface area contributed by atoms with Crippen LogP contribution in [0.2, 0.25) is 0 Å². The van der Waals surface area contributed by atoms with Gasteiger partial charge in [-0.2, -0.15) is 0 Å². The van der Waals surface area contributed by atoms with Crippen LogP contribution in [0.3, 0.4) is 0 Å². The molecule has 0 radical (unpaired) electrons. The Morgan fingerprint density at radius 3 is 2.17 bits per heavy atom. The van der Waals surface area contributed by atoms with Gasteiger partial charge in [0.25, 0.3) is 5.56 Å². The molecule has 238 valence electrons. The van der Waals surface area contributed by atoms with E-state index in [1.54, 1.807) is 48.5 Å². The third kappa shape index (κ3) is 5.20. The minimum Gasteiger partial charge on any atom is -0.455 e. The number of hydrogen-bond acceptors (Lipinski definition) is 5. The highest BCUT2D eigenvalue weighted by Gasteiger charge is 2.35. The largest absolute Gasteiger partial charge is 0.455 e. The molecule has 48 heavy (non-hydrogen) atoms. The lowest BCUT2D eigenvalue weighted by Gasteiger charge is -2.26. The molecule has 0 spiro atoms. The van der Waals surface area contributed by atoms with E-state index in [4.69, 9.17) is 4.74 Å². The predicted octanol–water partition coefficient (Wildman–Crippen LogP) is 9.81. The number of carbonyl (C=O) groups is 2. The number of anilines is 2. The predicted molar refractivity (Wildman–Crippen MR) is 192 cm³/mol. The van der Waals surface area contributed by atoms with Crippen molar-refractivity contribution in [1.29, 1.82) is 0 Å². The normalized spacial score (nSPS) is 12.1. The van der Waals surface area contributed by atoms with Crippen molar-refractivity contribution in [3.8, 4) is 22.6 Å². The fourth-order valence-electron chi connectivity index (χ4n) is 6.42. The van der Waals surface area contributed by atoms with Crippen LogP contribution in [0.5, 0.6) is 11.5 Å². The average molecular weight is 633 g/mol. The number of nitrogens with one attached hydrogen (secondary N) is 2. The van der Waals surface area contributed by atoms with Crippen molar-refractivity contribution in [3.63, 3.8) is 0 Å². The Hall–Kier alpha value is -5.75. The van der Waals surface area contributed by atoms with Crippen LogP contribution in [0.1, 0.15) is 75.7 Å². The molecule has 0 atom stereocenters. The minimum absolute atomic E-state index is 0.00462. The number of aromatic amines is 1. The van der Waals surface area contributed by atoms with Gasteiger partial charge >= 0.3 is 0 Å². The number of H-pyrrole nitrogens is 1. The van der Waals surface area contributed by atoms with Gasteiger partial charge in [-0.15, -0.1) is 0 Å². The summed E-state index contributed by atoms with van der Waals surface area (Å²) in [7, 11) is 0. The first-order valence-corrected chi connectivity index (χ1v) is 16.2. The van der Waals surface area contributed by atoms with Gasteiger partial charge in [-0.1, -0.05) is 105 Å². The SMILES string of the molecule is CCC(C)(C)c1ccc(Oc2cc(Nc3ccc(C)cc3)c3c4c(c(C(=O)c5ccccc5)c(=O)[nH]c24)-c2ccccc2C3=O)c(C)c1. The second-order valence-corrected chi connectivity index (χ2v) is 13.1. The van der Waals surface area contributed by atoms with Gasteiger partial charge in [0.1, 0.15) is 5.75 Å². The van der Waals surface area contributed by atoms with E-state index < -0.39 is 11.3 Å². The van der Waals surface area contributed by atoms with Gasteiger partial charge in [0, 0.05) is 33.8 Å². The molecule has 7 rings (SSSR count). The Balaban J connectivity index is 1.54. The lowest BCUT2D eigenvalue weighted by molar-refractivity contribution is 0.102. The van der Waals surface area contributed by atoms with Gasteiger partial charge < -0.3 is 15.0 Å². The van der Waals surface area contributed by atoms with E-state index in [-0.39, 0.29) is 16.8 Å². The summed E-state index contributed by atoms with van der Waals surface area (Å²) < 4.78 is 6.66. The first-order valence-electron chi connectivity index (χ1n) is 16.2. The summed E-state index contributed by atoms with van der Waals surface area (Å²) in [5, 5.41) is 3.92. The Kier molecular flexibility index (Phi) is 7.59. The molecular formula is C42H36N2O4. The molecule has 0 unspecified atom stereocenters. The maximum Gasteiger partial charge on any atom is 0.260 e. The van der Waals surface area contributed by atoms with Crippen molar-refractivity contribution < 1.29 is 14.3 Å². The molecule has 5 aromatic carbocycles. The summed E-state index contributed by atoms with van der Waals surface area (Å²) in [6.45, 7) is 10.6. The summed E-state index contributed by atoms with van der Waals surface area (Å²) in [4.78, 5) is 45.6. The lowest BCUT2D eigenvalue weighted by Crippen LogP contribution is -2.24. The molecular weight excluding hydrogens is 596 g/mol. The molecule has 1 aliphatic rings. The first-order chi connectivity index (χ1) is 23.1. The summed E-state index contributed by atoms with van der Waals surface area (Å²) in [5.41, 5.74) is 6.42. The van der Waals surface area contributed by atoms with Crippen molar-refractivity contribution in [2.24, 2.45) is 0 Å². The van der Waals surface area contributed by atoms with Gasteiger partial charge in [0.05, 0.1) is 22.3 Å². The first kappa shape index (κ1) is 30.9. The number of benzene rings is 5.